The molecule has 1 aliphatic heterocycles. The number of benzene rings is 1. The molecule has 0 amide bonds. The van der Waals surface area contributed by atoms with Crippen LogP contribution in [0, 0.1) is 11.6 Å². The van der Waals surface area contributed by atoms with Crippen LogP contribution in [0.3, 0.4) is 0 Å². The van der Waals surface area contributed by atoms with Crippen molar-refractivity contribution in [1.82, 2.24) is 14.9 Å². The van der Waals surface area contributed by atoms with Crippen LogP contribution in [0.25, 0.3) is 11.0 Å². The van der Waals surface area contributed by atoms with Gasteiger partial charge in [0.05, 0.1) is 36.0 Å². The van der Waals surface area contributed by atoms with Gasteiger partial charge in [-0.05, 0) is 6.92 Å². The van der Waals surface area contributed by atoms with E-state index in [1.807, 2.05) is 0 Å². The molecule has 0 saturated carbocycles. The third-order valence-corrected chi connectivity index (χ3v) is 3.90. The van der Waals surface area contributed by atoms with Gasteiger partial charge >= 0.3 is 0 Å². The minimum atomic E-state index is -0.970. The molecule has 3 rings (SSSR count). The van der Waals surface area contributed by atoms with E-state index in [4.69, 9.17) is 4.74 Å². The van der Waals surface area contributed by atoms with Crippen LogP contribution in [0.4, 0.5) is 14.6 Å². The summed E-state index contributed by atoms with van der Waals surface area (Å²) in [6, 6.07) is 2.02. The van der Waals surface area contributed by atoms with Crippen LogP contribution in [-0.4, -0.2) is 65.0 Å². The van der Waals surface area contributed by atoms with Gasteiger partial charge in [-0.1, -0.05) is 0 Å². The first-order chi connectivity index (χ1) is 11.4. The highest BCUT2D eigenvalue weighted by atomic mass is 19.2. The van der Waals surface area contributed by atoms with E-state index in [-0.39, 0.29) is 17.6 Å². The van der Waals surface area contributed by atoms with E-state index >= 15 is 0 Å². The summed E-state index contributed by atoms with van der Waals surface area (Å²) in [5.74, 6) is -1.52. The van der Waals surface area contributed by atoms with Gasteiger partial charge in [0.25, 0.3) is 0 Å². The van der Waals surface area contributed by atoms with E-state index in [0.29, 0.717) is 25.6 Å². The molecule has 24 heavy (non-hydrogen) atoms. The monoisotopic (exact) mass is 338 g/mol. The van der Waals surface area contributed by atoms with Gasteiger partial charge in [-0.15, -0.1) is 0 Å². The van der Waals surface area contributed by atoms with Crippen molar-refractivity contribution in [3.8, 4) is 0 Å². The van der Waals surface area contributed by atoms with Crippen LogP contribution in [0.15, 0.2) is 18.3 Å². The minimum absolute atomic E-state index is 0.256. The Morgan fingerprint density at radius 2 is 1.92 bits per heavy atom. The van der Waals surface area contributed by atoms with E-state index in [2.05, 4.69) is 20.2 Å². The topological polar surface area (TPSA) is 70.5 Å². The van der Waals surface area contributed by atoms with Crippen LogP contribution in [0.2, 0.25) is 0 Å². The maximum atomic E-state index is 13.3. The van der Waals surface area contributed by atoms with Gasteiger partial charge in [0.15, 0.2) is 11.6 Å². The highest BCUT2D eigenvalue weighted by Crippen LogP contribution is 2.17. The average Bonchev–Trinajstić information content (AvgIpc) is 2.55. The smallest absolute Gasteiger partial charge is 0.161 e. The van der Waals surface area contributed by atoms with Crippen LogP contribution in [0.1, 0.15) is 6.92 Å². The predicted octanol–water partition coefficient (Wildman–Crippen LogP) is 1.40. The molecule has 1 fully saturated rings. The Labute approximate surface area is 138 Å². The standard InChI is InChI=1S/C16H20F2N4O2/c1-16(23,10-22-2-4-24-5-3-22)9-20-15-8-19-13-6-11(17)12(18)7-14(13)21-15/h6-8,23H,2-5,9-10H2,1H3,(H,20,21). The van der Waals surface area contributed by atoms with Gasteiger partial charge in [-0.3, -0.25) is 9.88 Å². The second-order valence-corrected chi connectivity index (χ2v) is 6.25. The Bertz CT molecular complexity index is 721. The molecule has 2 N–H and O–H groups in total. The molecular weight excluding hydrogens is 318 g/mol. The summed E-state index contributed by atoms with van der Waals surface area (Å²) in [5, 5.41) is 13.5. The molecule has 0 spiro atoms. The first kappa shape index (κ1) is 16.9. The predicted molar refractivity (Wildman–Crippen MR) is 85.8 cm³/mol. The van der Waals surface area contributed by atoms with Gasteiger partial charge in [0.2, 0.25) is 0 Å². The molecular formula is C16H20F2N4O2. The van der Waals surface area contributed by atoms with Gasteiger partial charge in [-0.2, -0.15) is 0 Å². The lowest BCUT2D eigenvalue weighted by molar-refractivity contribution is -0.0164. The molecule has 1 aromatic heterocycles. The van der Waals surface area contributed by atoms with E-state index in [9.17, 15) is 13.9 Å². The van der Waals surface area contributed by atoms with E-state index in [1.54, 1.807) is 6.92 Å². The maximum absolute atomic E-state index is 13.3. The molecule has 1 aromatic carbocycles. The number of hydrogen-bond acceptors (Lipinski definition) is 6. The van der Waals surface area contributed by atoms with Crippen molar-refractivity contribution in [1.29, 1.82) is 0 Å². The largest absolute Gasteiger partial charge is 0.387 e. The third-order valence-electron chi connectivity index (χ3n) is 3.90. The van der Waals surface area contributed by atoms with Gasteiger partial charge < -0.3 is 15.2 Å². The molecule has 0 bridgehead atoms. The molecule has 1 aliphatic rings. The number of anilines is 1. The molecule has 1 saturated heterocycles. The quantitative estimate of drug-likeness (QED) is 0.859. The number of β-amino-alcohol motifs (C(OH)–C–C–N with tert-alkyl or cyclic N) is 1. The lowest BCUT2D eigenvalue weighted by Gasteiger charge is -2.33. The zero-order chi connectivity index (χ0) is 17.2. The Balaban J connectivity index is 1.64. The SMILES string of the molecule is CC(O)(CNc1cnc2cc(F)c(F)cc2n1)CN1CCOCC1. The minimum Gasteiger partial charge on any atom is -0.387 e. The molecule has 0 aliphatic carbocycles. The van der Waals surface area contributed by atoms with Crippen molar-refractivity contribution in [2.75, 3.05) is 44.7 Å². The molecule has 2 heterocycles. The molecule has 130 valence electrons. The molecule has 2 aromatic rings. The molecule has 0 radical (unpaired) electrons. The summed E-state index contributed by atoms with van der Waals surface area (Å²) < 4.78 is 31.8. The number of aliphatic hydroxyl groups is 1. The third kappa shape index (κ3) is 4.14. The zero-order valence-electron chi connectivity index (χ0n) is 13.4. The van der Waals surface area contributed by atoms with Crippen molar-refractivity contribution in [3.63, 3.8) is 0 Å². The van der Waals surface area contributed by atoms with Crippen LogP contribution in [0.5, 0.6) is 0 Å². The van der Waals surface area contributed by atoms with Gasteiger partial charge in [0, 0.05) is 38.3 Å². The molecule has 6 nitrogen and oxygen atoms in total. The Morgan fingerprint density at radius 1 is 1.25 bits per heavy atom. The zero-order valence-corrected chi connectivity index (χ0v) is 13.4. The number of rotatable bonds is 5. The molecule has 1 atom stereocenters. The number of nitrogens with one attached hydrogen (secondary N) is 1. The van der Waals surface area contributed by atoms with Crippen LogP contribution in [-0.2, 0) is 4.74 Å². The van der Waals surface area contributed by atoms with Crippen LogP contribution < -0.4 is 5.32 Å². The first-order valence-electron chi connectivity index (χ1n) is 7.81. The number of hydrogen-bond donors (Lipinski definition) is 2. The highest BCUT2D eigenvalue weighted by Gasteiger charge is 2.25. The number of nitrogens with zero attached hydrogens (tertiary/aromatic N) is 3. The first-order valence-corrected chi connectivity index (χ1v) is 7.81. The second-order valence-electron chi connectivity index (χ2n) is 6.25. The van der Waals surface area contributed by atoms with Crippen molar-refractivity contribution in [2.24, 2.45) is 0 Å². The average molecular weight is 338 g/mol. The fraction of sp³-hybridized carbons (Fsp3) is 0.500. The lowest BCUT2D eigenvalue weighted by Crippen LogP contribution is -2.49. The Morgan fingerprint density at radius 3 is 2.62 bits per heavy atom. The van der Waals surface area contributed by atoms with Crippen molar-refractivity contribution in [3.05, 3.63) is 30.0 Å². The second kappa shape index (κ2) is 6.92. The normalized spacial score (nSPS) is 18.5. The highest BCUT2D eigenvalue weighted by molar-refractivity contribution is 5.75. The van der Waals surface area contributed by atoms with E-state index in [1.165, 1.54) is 6.20 Å². The number of fused-ring (bicyclic) bond motifs is 1. The van der Waals surface area contributed by atoms with Crippen molar-refractivity contribution >= 4 is 16.9 Å². The summed E-state index contributed by atoms with van der Waals surface area (Å²) in [6.45, 7) is 5.41. The summed E-state index contributed by atoms with van der Waals surface area (Å²) in [4.78, 5) is 10.4. The summed E-state index contributed by atoms with van der Waals surface area (Å²) in [6.07, 6.45) is 1.44. The number of morpholine rings is 1. The fourth-order valence-corrected chi connectivity index (χ4v) is 2.67. The van der Waals surface area contributed by atoms with Crippen molar-refractivity contribution in [2.45, 2.75) is 12.5 Å². The maximum Gasteiger partial charge on any atom is 0.161 e. The van der Waals surface area contributed by atoms with Gasteiger partial charge in [-0.25, -0.2) is 13.8 Å². The van der Waals surface area contributed by atoms with Crippen molar-refractivity contribution < 1.29 is 18.6 Å². The number of aromatic nitrogens is 2. The summed E-state index contributed by atoms with van der Waals surface area (Å²) in [7, 11) is 0. The number of halogens is 2. The van der Waals surface area contributed by atoms with Crippen LogP contribution >= 0.6 is 0 Å². The van der Waals surface area contributed by atoms with E-state index < -0.39 is 17.2 Å². The Hall–Kier alpha value is -1.90. The Kier molecular flexibility index (Phi) is 4.88. The molecule has 1 unspecified atom stereocenters. The van der Waals surface area contributed by atoms with Gasteiger partial charge in [0.1, 0.15) is 5.82 Å². The van der Waals surface area contributed by atoms with E-state index in [0.717, 1.165) is 25.2 Å². The lowest BCUT2D eigenvalue weighted by atomic mass is 10.1. The fourth-order valence-electron chi connectivity index (χ4n) is 2.67. The molecule has 8 heteroatoms. The number of ether oxygens (including phenoxy) is 1. The summed E-state index contributed by atoms with van der Waals surface area (Å²) in [5.41, 5.74) is -0.437. The summed E-state index contributed by atoms with van der Waals surface area (Å²) >= 11 is 0.